The van der Waals surface area contributed by atoms with Crippen molar-refractivity contribution in [2.45, 2.75) is 45.3 Å². The summed E-state index contributed by atoms with van der Waals surface area (Å²) < 4.78 is 5.86. The summed E-state index contributed by atoms with van der Waals surface area (Å²) in [6.07, 6.45) is 3.15. The third kappa shape index (κ3) is 2.29. The first kappa shape index (κ1) is 10.4. The minimum Gasteiger partial charge on any atom is -0.488 e. The van der Waals surface area contributed by atoms with E-state index in [1.165, 1.54) is 0 Å². The highest BCUT2D eigenvalue weighted by molar-refractivity contribution is 5.29. The highest BCUT2D eigenvalue weighted by atomic mass is 16.5. The lowest BCUT2D eigenvalue weighted by Gasteiger charge is -2.33. The van der Waals surface area contributed by atoms with Crippen LogP contribution in [0.2, 0.25) is 0 Å². The van der Waals surface area contributed by atoms with Gasteiger partial charge in [0.15, 0.2) is 0 Å². The molecule has 1 aromatic heterocycles. The summed E-state index contributed by atoms with van der Waals surface area (Å²) in [6, 6.07) is 4.34. The van der Waals surface area contributed by atoms with Gasteiger partial charge in [-0.25, -0.2) is 0 Å². The highest BCUT2D eigenvalue weighted by Crippen LogP contribution is 2.26. The Hall–Kier alpha value is -1.09. The Labute approximate surface area is 90.7 Å². The lowest BCUT2D eigenvalue weighted by atomic mass is 9.90. The SMILES string of the molecule is CCc1nc(C)ccc1OC1CC(N)C1. The van der Waals surface area contributed by atoms with Crippen molar-refractivity contribution in [3.63, 3.8) is 0 Å². The number of rotatable bonds is 3. The average Bonchev–Trinajstić information content (AvgIpc) is 2.18. The molecule has 15 heavy (non-hydrogen) atoms. The van der Waals surface area contributed by atoms with E-state index in [-0.39, 0.29) is 0 Å². The minimum atomic E-state index is 0.301. The van der Waals surface area contributed by atoms with Crippen molar-refractivity contribution in [1.82, 2.24) is 4.98 Å². The van der Waals surface area contributed by atoms with E-state index in [1.54, 1.807) is 0 Å². The Bertz CT molecular complexity index is 345. The lowest BCUT2D eigenvalue weighted by Crippen LogP contribution is -2.43. The van der Waals surface area contributed by atoms with E-state index < -0.39 is 0 Å². The van der Waals surface area contributed by atoms with Crippen molar-refractivity contribution in [2.24, 2.45) is 5.73 Å². The van der Waals surface area contributed by atoms with Gasteiger partial charge in [-0.1, -0.05) is 6.92 Å². The maximum Gasteiger partial charge on any atom is 0.141 e. The summed E-state index contributed by atoms with van der Waals surface area (Å²) in [6.45, 7) is 4.10. The number of nitrogens with zero attached hydrogens (tertiary/aromatic N) is 1. The van der Waals surface area contributed by atoms with Gasteiger partial charge in [-0.3, -0.25) is 4.98 Å². The van der Waals surface area contributed by atoms with Crippen molar-refractivity contribution in [3.8, 4) is 5.75 Å². The second-order valence-corrected chi connectivity index (χ2v) is 4.22. The molecular formula is C12H18N2O. The maximum absolute atomic E-state index is 5.86. The van der Waals surface area contributed by atoms with Crippen molar-refractivity contribution in [1.29, 1.82) is 0 Å². The van der Waals surface area contributed by atoms with Crippen LogP contribution in [0.3, 0.4) is 0 Å². The number of aromatic nitrogens is 1. The molecule has 3 heteroatoms. The molecule has 0 bridgehead atoms. The molecule has 3 nitrogen and oxygen atoms in total. The molecule has 2 N–H and O–H groups in total. The second kappa shape index (κ2) is 4.19. The molecule has 0 atom stereocenters. The summed E-state index contributed by atoms with van der Waals surface area (Å²) in [5, 5.41) is 0. The molecule has 1 aliphatic rings. The topological polar surface area (TPSA) is 48.1 Å². The average molecular weight is 206 g/mol. The second-order valence-electron chi connectivity index (χ2n) is 4.22. The molecule has 0 saturated heterocycles. The molecule has 2 rings (SSSR count). The molecule has 1 fully saturated rings. The first-order valence-corrected chi connectivity index (χ1v) is 5.57. The molecule has 0 unspecified atom stereocenters. The maximum atomic E-state index is 5.86. The van der Waals surface area contributed by atoms with E-state index in [4.69, 9.17) is 10.5 Å². The predicted octanol–water partition coefficient (Wildman–Crippen LogP) is 1.82. The van der Waals surface area contributed by atoms with E-state index >= 15 is 0 Å². The Morgan fingerprint density at radius 3 is 2.80 bits per heavy atom. The first-order chi connectivity index (χ1) is 7.19. The number of aryl methyl sites for hydroxylation is 2. The molecule has 0 aliphatic heterocycles. The van der Waals surface area contributed by atoms with E-state index in [2.05, 4.69) is 11.9 Å². The molecule has 1 aromatic rings. The molecule has 1 aliphatic carbocycles. The molecule has 82 valence electrons. The largest absolute Gasteiger partial charge is 0.488 e. The number of hydrogen-bond donors (Lipinski definition) is 1. The zero-order valence-corrected chi connectivity index (χ0v) is 9.36. The van der Waals surface area contributed by atoms with Crippen LogP contribution in [-0.4, -0.2) is 17.1 Å². The van der Waals surface area contributed by atoms with Gasteiger partial charge >= 0.3 is 0 Å². The standard InChI is InChI=1S/C12H18N2O/c1-3-11-12(5-4-8(2)14-11)15-10-6-9(13)7-10/h4-5,9-10H,3,6-7,13H2,1-2H3. The quantitative estimate of drug-likeness (QED) is 0.820. The van der Waals surface area contributed by atoms with E-state index in [0.717, 1.165) is 36.4 Å². The lowest BCUT2D eigenvalue weighted by molar-refractivity contribution is 0.0992. The van der Waals surface area contributed by atoms with Gasteiger partial charge in [0.25, 0.3) is 0 Å². The first-order valence-electron chi connectivity index (χ1n) is 5.57. The van der Waals surface area contributed by atoms with Gasteiger partial charge in [-0.05, 0) is 38.3 Å². The van der Waals surface area contributed by atoms with Crippen LogP contribution in [0, 0.1) is 6.92 Å². The van der Waals surface area contributed by atoms with Crippen LogP contribution in [-0.2, 0) is 6.42 Å². The van der Waals surface area contributed by atoms with Crippen molar-refractivity contribution in [2.75, 3.05) is 0 Å². The molecular weight excluding hydrogens is 188 g/mol. The van der Waals surface area contributed by atoms with Gasteiger partial charge in [0, 0.05) is 11.7 Å². The molecule has 1 heterocycles. The molecule has 0 aromatic carbocycles. The van der Waals surface area contributed by atoms with Gasteiger partial charge < -0.3 is 10.5 Å². The van der Waals surface area contributed by atoms with Gasteiger partial charge in [0.05, 0.1) is 5.69 Å². The third-order valence-electron chi connectivity index (χ3n) is 2.83. The molecule has 0 radical (unpaired) electrons. The number of nitrogens with two attached hydrogens (primary N) is 1. The predicted molar refractivity (Wildman–Crippen MR) is 60.0 cm³/mol. The Balaban J connectivity index is 2.07. The fourth-order valence-electron chi connectivity index (χ4n) is 1.84. The van der Waals surface area contributed by atoms with Crippen molar-refractivity contribution >= 4 is 0 Å². The Kier molecular flexibility index (Phi) is 2.91. The molecule has 1 saturated carbocycles. The monoisotopic (exact) mass is 206 g/mol. The Morgan fingerprint density at radius 1 is 1.47 bits per heavy atom. The zero-order chi connectivity index (χ0) is 10.8. The van der Waals surface area contributed by atoms with Crippen LogP contribution in [0.1, 0.15) is 31.2 Å². The van der Waals surface area contributed by atoms with Crippen LogP contribution in [0.5, 0.6) is 5.75 Å². The summed E-state index contributed by atoms with van der Waals surface area (Å²) in [7, 11) is 0. The van der Waals surface area contributed by atoms with Crippen molar-refractivity contribution in [3.05, 3.63) is 23.5 Å². The Morgan fingerprint density at radius 2 is 2.20 bits per heavy atom. The van der Waals surface area contributed by atoms with E-state index in [9.17, 15) is 0 Å². The van der Waals surface area contributed by atoms with Crippen LogP contribution in [0.15, 0.2) is 12.1 Å². The third-order valence-corrected chi connectivity index (χ3v) is 2.83. The summed E-state index contributed by atoms with van der Waals surface area (Å²) in [5.41, 5.74) is 7.82. The fourth-order valence-corrected chi connectivity index (χ4v) is 1.84. The molecule has 0 amide bonds. The van der Waals surface area contributed by atoms with Gasteiger partial charge in [-0.15, -0.1) is 0 Å². The van der Waals surface area contributed by atoms with Gasteiger partial charge in [-0.2, -0.15) is 0 Å². The summed E-state index contributed by atoms with van der Waals surface area (Å²) in [4.78, 5) is 4.47. The highest BCUT2D eigenvalue weighted by Gasteiger charge is 2.28. The van der Waals surface area contributed by atoms with Gasteiger partial charge in [0.2, 0.25) is 0 Å². The number of pyridine rings is 1. The smallest absolute Gasteiger partial charge is 0.141 e. The summed E-state index contributed by atoms with van der Waals surface area (Å²) in [5.74, 6) is 0.931. The van der Waals surface area contributed by atoms with E-state index in [1.807, 2.05) is 19.1 Å². The van der Waals surface area contributed by atoms with Gasteiger partial charge in [0.1, 0.15) is 11.9 Å². The fraction of sp³-hybridized carbons (Fsp3) is 0.583. The van der Waals surface area contributed by atoms with Crippen LogP contribution < -0.4 is 10.5 Å². The van der Waals surface area contributed by atoms with E-state index in [0.29, 0.717) is 12.1 Å². The normalized spacial score (nSPS) is 24.7. The van der Waals surface area contributed by atoms with Crippen molar-refractivity contribution < 1.29 is 4.74 Å². The van der Waals surface area contributed by atoms with Crippen LogP contribution in [0.25, 0.3) is 0 Å². The minimum absolute atomic E-state index is 0.301. The summed E-state index contributed by atoms with van der Waals surface area (Å²) >= 11 is 0. The number of hydrogen-bond acceptors (Lipinski definition) is 3. The van der Waals surface area contributed by atoms with Crippen LogP contribution >= 0.6 is 0 Å². The zero-order valence-electron chi connectivity index (χ0n) is 9.36. The molecule has 0 spiro atoms. The van der Waals surface area contributed by atoms with Crippen LogP contribution in [0.4, 0.5) is 0 Å². The number of ether oxygens (including phenoxy) is 1.